The third-order valence-electron chi connectivity index (χ3n) is 2.21. The zero-order valence-electron chi connectivity index (χ0n) is 9.97. The molecule has 0 aliphatic carbocycles. The Kier molecular flexibility index (Phi) is 5.54. The summed E-state index contributed by atoms with van der Waals surface area (Å²) in [6, 6.07) is 1.61. The van der Waals surface area contributed by atoms with Gasteiger partial charge in [-0.3, -0.25) is 0 Å². The van der Waals surface area contributed by atoms with Gasteiger partial charge in [0.1, 0.15) is 0 Å². The lowest BCUT2D eigenvalue weighted by molar-refractivity contribution is 0.161. The molecule has 0 aliphatic heterocycles. The molecule has 98 valence electrons. The van der Waals surface area contributed by atoms with Gasteiger partial charge in [-0.25, -0.2) is 13.1 Å². The highest BCUT2D eigenvalue weighted by Gasteiger charge is 2.16. The fourth-order valence-electron chi connectivity index (χ4n) is 1.29. The van der Waals surface area contributed by atoms with E-state index in [0.717, 1.165) is 4.88 Å². The minimum Gasteiger partial charge on any atom is -0.384 e. The second-order valence-corrected chi connectivity index (χ2v) is 6.63. The molecule has 0 saturated carbocycles. The van der Waals surface area contributed by atoms with Crippen LogP contribution in [-0.4, -0.2) is 28.7 Å². The highest BCUT2D eigenvalue weighted by Crippen LogP contribution is 2.18. The van der Waals surface area contributed by atoms with Crippen molar-refractivity contribution in [3.63, 3.8) is 0 Å². The number of sulfonamides is 1. The van der Waals surface area contributed by atoms with Crippen LogP contribution in [0.25, 0.3) is 0 Å². The summed E-state index contributed by atoms with van der Waals surface area (Å²) in [6.45, 7) is 3.18. The first-order valence-corrected chi connectivity index (χ1v) is 7.62. The Morgan fingerprint density at radius 1 is 1.59 bits per heavy atom. The molecule has 0 aromatic carbocycles. The van der Waals surface area contributed by atoms with Gasteiger partial charge in [-0.15, -0.1) is 11.3 Å². The molecule has 0 fully saturated rings. The molecule has 3 N–H and O–H groups in total. The number of hydrogen-bond acceptors (Lipinski definition) is 5. The molecule has 7 heteroatoms. The van der Waals surface area contributed by atoms with Crippen LogP contribution in [-0.2, 0) is 21.3 Å². The van der Waals surface area contributed by atoms with Gasteiger partial charge in [0.15, 0.2) is 0 Å². The topological polar surface area (TPSA) is 81.4 Å². The molecule has 1 atom stereocenters. The van der Waals surface area contributed by atoms with Gasteiger partial charge in [0.25, 0.3) is 0 Å². The van der Waals surface area contributed by atoms with E-state index in [1.165, 1.54) is 11.3 Å². The Morgan fingerprint density at radius 3 is 2.82 bits per heavy atom. The standard InChI is InChI=1S/C10H18N2O3S2/c1-8(6-15-2)5-12-17(13,14)10-3-9(4-11)16-7-10/h3,7-8,12H,4-6,11H2,1-2H3. The molecule has 0 saturated heterocycles. The van der Waals surface area contributed by atoms with E-state index < -0.39 is 10.0 Å². The summed E-state index contributed by atoms with van der Waals surface area (Å²) in [5, 5.41) is 1.60. The highest BCUT2D eigenvalue weighted by atomic mass is 32.2. The average molecular weight is 278 g/mol. The number of nitrogens with one attached hydrogen (secondary N) is 1. The highest BCUT2D eigenvalue weighted by molar-refractivity contribution is 7.89. The number of ether oxygens (including phenoxy) is 1. The van der Waals surface area contributed by atoms with Gasteiger partial charge >= 0.3 is 0 Å². The molecular formula is C10H18N2O3S2. The van der Waals surface area contributed by atoms with Crippen molar-refractivity contribution in [2.75, 3.05) is 20.3 Å². The van der Waals surface area contributed by atoms with Gasteiger partial charge in [0.05, 0.1) is 4.90 Å². The number of nitrogens with two attached hydrogens (primary N) is 1. The molecule has 0 radical (unpaired) electrons. The molecule has 0 aliphatic rings. The van der Waals surface area contributed by atoms with Crippen molar-refractivity contribution in [1.29, 1.82) is 0 Å². The molecular weight excluding hydrogens is 260 g/mol. The lowest BCUT2D eigenvalue weighted by Gasteiger charge is -2.11. The summed E-state index contributed by atoms with van der Waals surface area (Å²) in [4.78, 5) is 1.14. The number of thiophene rings is 1. The van der Waals surface area contributed by atoms with E-state index in [4.69, 9.17) is 10.5 Å². The summed E-state index contributed by atoms with van der Waals surface area (Å²) in [7, 11) is -1.82. The summed E-state index contributed by atoms with van der Waals surface area (Å²) >= 11 is 1.35. The van der Waals surface area contributed by atoms with Crippen molar-refractivity contribution in [3.05, 3.63) is 16.3 Å². The number of hydrogen-bond donors (Lipinski definition) is 2. The van der Waals surface area contributed by atoms with Gasteiger partial charge in [0.2, 0.25) is 10.0 Å². The number of rotatable bonds is 7. The monoisotopic (exact) mass is 278 g/mol. The minimum absolute atomic E-state index is 0.141. The smallest absolute Gasteiger partial charge is 0.241 e. The van der Waals surface area contributed by atoms with E-state index in [1.54, 1.807) is 18.6 Å². The van der Waals surface area contributed by atoms with E-state index in [9.17, 15) is 8.42 Å². The van der Waals surface area contributed by atoms with Gasteiger partial charge in [-0.1, -0.05) is 6.92 Å². The van der Waals surface area contributed by atoms with Crippen LogP contribution in [0.15, 0.2) is 16.3 Å². The first-order chi connectivity index (χ1) is 7.99. The first kappa shape index (κ1) is 14.6. The molecule has 1 heterocycles. The van der Waals surface area contributed by atoms with Crippen molar-refractivity contribution < 1.29 is 13.2 Å². The van der Waals surface area contributed by atoms with E-state index in [0.29, 0.717) is 19.7 Å². The molecule has 0 bridgehead atoms. The van der Waals surface area contributed by atoms with E-state index in [2.05, 4.69) is 4.72 Å². The average Bonchev–Trinajstić information content (AvgIpc) is 2.76. The Morgan fingerprint density at radius 2 is 2.29 bits per heavy atom. The van der Waals surface area contributed by atoms with Crippen LogP contribution < -0.4 is 10.5 Å². The zero-order valence-corrected chi connectivity index (χ0v) is 11.6. The molecule has 0 amide bonds. The van der Waals surface area contributed by atoms with E-state index in [1.807, 2.05) is 6.92 Å². The quantitative estimate of drug-likeness (QED) is 0.772. The van der Waals surface area contributed by atoms with Crippen LogP contribution in [0.4, 0.5) is 0 Å². The van der Waals surface area contributed by atoms with Gasteiger partial charge in [-0.2, -0.15) is 0 Å². The molecule has 1 aromatic rings. The maximum absolute atomic E-state index is 11.9. The van der Waals surface area contributed by atoms with Crippen LogP contribution in [0.3, 0.4) is 0 Å². The van der Waals surface area contributed by atoms with Crippen molar-refractivity contribution in [2.45, 2.75) is 18.4 Å². The van der Waals surface area contributed by atoms with Gasteiger partial charge in [-0.05, 0) is 12.0 Å². The van der Waals surface area contributed by atoms with Crippen molar-refractivity contribution in [2.24, 2.45) is 11.7 Å². The maximum Gasteiger partial charge on any atom is 0.241 e. The lowest BCUT2D eigenvalue weighted by Crippen LogP contribution is -2.29. The van der Waals surface area contributed by atoms with E-state index in [-0.39, 0.29) is 10.8 Å². The Hall–Kier alpha value is -0.470. The van der Waals surface area contributed by atoms with Crippen molar-refractivity contribution in [3.8, 4) is 0 Å². The fraction of sp³-hybridized carbons (Fsp3) is 0.600. The van der Waals surface area contributed by atoms with Gasteiger partial charge in [0, 0.05) is 37.1 Å². The van der Waals surface area contributed by atoms with Crippen LogP contribution in [0, 0.1) is 5.92 Å². The van der Waals surface area contributed by atoms with Crippen LogP contribution in [0.1, 0.15) is 11.8 Å². The summed E-state index contributed by atoms with van der Waals surface area (Å²) in [6.07, 6.45) is 0. The fourth-order valence-corrected chi connectivity index (χ4v) is 3.61. The second kappa shape index (κ2) is 6.46. The maximum atomic E-state index is 11.9. The summed E-state index contributed by atoms with van der Waals surface area (Å²) in [5.74, 6) is 0.141. The normalized spacial score (nSPS) is 13.8. The van der Waals surface area contributed by atoms with E-state index >= 15 is 0 Å². The predicted octanol–water partition coefficient (Wildman–Crippen LogP) is 0.768. The number of methoxy groups -OCH3 is 1. The third kappa shape index (κ3) is 4.36. The van der Waals surface area contributed by atoms with Crippen molar-refractivity contribution >= 4 is 21.4 Å². The molecule has 17 heavy (non-hydrogen) atoms. The Bertz CT molecular complexity index is 442. The Balaban J connectivity index is 2.62. The molecule has 1 aromatic heterocycles. The largest absolute Gasteiger partial charge is 0.384 e. The van der Waals surface area contributed by atoms with Crippen LogP contribution in [0.5, 0.6) is 0 Å². The molecule has 5 nitrogen and oxygen atoms in total. The van der Waals surface area contributed by atoms with Crippen LogP contribution in [0.2, 0.25) is 0 Å². The lowest BCUT2D eigenvalue weighted by atomic mass is 10.2. The van der Waals surface area contributed by atoms with Gasteiger partial charge < -0.3 is 10.5 Å². The third-order valence-corrected chi connectivity index (χ3v) is 4.73. The SMILES string of the molecule is COCC(C)CNS(=O)(=O)c1csc(CN)c1. The Labute approximate surface area is 106 Å². The summed E-state index contributed by atoms with van der Waals surface area (Å²) in [5.41, 5.74) is 5.45. The molecule has 1 rings (SSSR count). The predicted molar refractivity (Wildman–Crippen MR) is 68.4 cm³/mol. The minimum atomic E-state index is -3.41. The first-order valence-electron chi connectivity index (χ1n) is 5.25. The van der Waals surface area contributed by atoms with Crippen LogP contribution >= 0.6 is 11.3 Å². The molecule has 0 spiro atoms. The second-order valence-electron chi connectivity index (χ2n) is 3.87. The summed E-state index contributed by atoms with van der Waals surface area (Å²) < 4.78 is 31.3. The van der Waals surface area contributed by atoms with Crippen molar-refractivity contribution in [1.82, 2.24) is 4.72 Å². The molecule has 1 unspecified atom stereocenters. The zero-order chi connectivity index (χ0) is 12.9.